The number of nitrogens with zero attached hydrogens (tertiary/aromatic N) is 2. The minimum absolute atomic E-state index is 0.251. The van der Waals surface area contributed by atoms with Gasteiger partial charge in [0, 0.05) is 6.07 Å². The number of anilines is 2. The molecule has 1 aromatic carbocycles. The van der Waals surface area contributed by atoms with Crippen LogP contribution in [0.3, 0.4) is 0 Å². The normalized spacial score (nSPS) is 11.3. The maximum Gasteiger partial charge on any atom is 0.246 e. The van der Waals surface area contributed by atoms with Gasteiger partial charge in [0.1, 0.15) is 12.3 Å². The summed E-state index contributed by atoms with van der Waals surface area (Å²) >= 11 is 0. The Hall–Kier alpha value is -2.35. The molecule has 1 N–H and O–H groups in total. The van der Waals surface area contributed by atoms with Gasteiger partial charge in [-0.1, -0.05) is 11.2 Å². The van der Waals surface area contributed by atoms with Crippen LogP contribution in [0.2, 0.25) is 0 Å². The van der Waals surface area contributed by atoms with E-state index in [-0.39, 0.29) is 12.4 Å². The zero-order chi connectivity index (χ0) is 17.2. The number of rotatable bonds is 5. The Labute approximate surface area is 135 Å². The molecule has 23 heavy (non-hydrogen) atoms. The molecule has 0 atom stereocenters. The van der Waals surface area contributed by atoms with Crippen molar-refractivity contribution in [2.75, 3.05) is 22.4 Å². The third-order valence-electron chi connectivity index (χ3n) is 3.08. The first-order valence-electron chi connectivity index (χ1n) is 6.94. The van der Waals surface area contributed by atoms with E-state index in [0.717, 1.165) is 21.7 Å². The Morgan fingerprint density at radius 2 is 1.78 bits per heavy atom. The predicted molar refractivity (Wildman–Crippen MR) is 88.0 cm³/mol. The molecule has 0 fully saturated rings. The van der Waals surface area contributed by atoms with Crippen LogP contribution in [0.15, 0.2) is 28.8 Å². The Bertz CT molecular complexity index is 807. The fourth-order valence-corrected chi connectivity index (χ4v) is 3.07. The van der Waals surface area contributed by atoms with Crippen molar-refractivity contribution in [1.29, 1.82) is 0 Å². The summed E-state index contributed by atoms with van der Waals surface area (Å²) in [6, 6.07) is 6.94. The molecule has 0 spiro atoms. The highest BCUT2D eigenvalue weighted by Gasteiger charge is 2.21. The van der Waals surface area contributed by atoms with E-state index >= 15 is 0 Å². The molecular weight excluding hydrogens is 318 g/mol. The summed E-state index contributed by atoms with van der Waals surface area (Å²) in [5, 5.41) is 6.17. The lowest BCUT2D eigenvalue weighted by Crippen LogP contribution is -2.37. The second kappa shape index (κ2) is 6.41. The van der Waals surface area contributed by atoms with E-state index in [1.54, 1.807) is 25.1 Å². The summed E-state index contributed by atoms with van der Waals surface area (Å²) in [6.45, 7) is 5.10. The van der Waals surface area contributed by atoms with Crippen LogP contribution in [0.5, 0.6) is 0 Å². The highest BCUT2D eigenvalue weighted by Crippen LogP contribution is 2.21. The number of aryl methyl sites for hydroxylation is 3. The Morgan fingerprint density at radius 1 is 1.17 bits per heavy atom. The van der Waals surface area contributed by atoms with Crippen molar-refractivity contribution in [2.24, 2.45) is 0 Å². The van der Waals surface area contributed by atoms with Gasteiger partial charge in [0.05, 0.1) is 11.9 Å². The molecule has 0 bridgehead atoms. The van der Waals surface area contributed by atoms with Gasteiger partial charge in [0.25, 0.3) is 0 Å². The van der Waals surface area contributed by atoms with Gasteiger partial charge in [-0.05, 0) is 44.0 Å². The van der Waals surface area contributed by atoms with Crippen LogP contribution < -0.4 is 9.62 Å². The molecule has 0 saturated carbocycles. The first-order valence-corrected chi connectivity index (χ1v) is 8.79. The number of benzene rings is 1. The molecule has 1 heterocycles. The van der Waals surface area contributed by atoms with Gasteiger partial charge in [-0.2, -0.15) is 0 Å². The van der Waals surface area contributed by atoms with E-state index in [0.29, 0.717) is 11.4 Å². The van der Waals surface area contributed by atoms with Crippen molar-refractivity contribution in [2.45, 2.75) is 20.8 Å². The summed E-state index contributed by atoms with van der Waals surface area (Å²) in [7, 11) is -3.60. The molecule has 1 aromatic heterocycles. The molecule has 8 heteroatoms. The van der Waals surface area contributed by atoms with Crippen LogP contribution in [0.25, 0.3) is 0 Å². The number of amides is 1. The van der Waals surface area contributed by atoms with Crippen molar-refractivity contribution in [3.05, 3.63) is 41.2 Å². The zero-order valence-corrected chi connectivity index (χ0v) is 14.3. The van der Waals surface area contributed by atoms with E-state index in [2.05, 4.69) is 10.5 Å². The molecule has 2 rings (SSSR count). The van der Waals surface area contributed by atoms with E-state index in [1.165, 1.54) is 0 Å². The number of aromatic nitrogens is 1. The summed E-state index contributed by atoms with van der Waals surface area (Å²) in [5.74, 6) is 0.304. The largest absolute Gasteiger partial charge is 0.360 e. The minimum atomic E-state index is -3.60. The van der Waals surface area contributed by atoms with Gasteiger partial charge in [-0.25, -0.2) is 8.42 Å². The van der Waals surface area contributed by atoms with E-state index in [9.17, 15) is 13.2 Å². The molecule has 0 aliphatic rings. The topological polar surface area (TPSA) is 92.5 Å². The molecule has 0 aliphatic carbocycles. The van der Waals surface area contributed by atoms with Gasteiger partial charge in [0.15, 0.2) is 5.82 Å². The Balaban J connectivity index is 2.24. The molecule has 0 radical (unpaired) electrons. The summed E-state index contributed by atoms with van der Waals surface area (Å²) in [6.07, 6.45) is 1.07. The van der Waals surface area contributed by atoms with E-state index < -0.39 is 15.9 Å². The average Bonchev–Trinajstić information content (AvgIpc) is 2.78. The van der Waals surface area contributed by atoms with Crippen LogP contribution >= 0.6 is 0 Å². The number of hydrogen-bond donors (Lipinski definition) is 1. The van der Waals surface area contributed by atoms with Crippen molar-refractivity contribution in [3.8, 4) is 0 Å². The second-order valence-electron chi connectivity index (χ2n) is 5.49. The summed E-state index contributed by atoms with van der Waals surface area (Å²) in [5.41, 5.74) is 2.29. The summed E-state index contributed by atoms with van der Waals surface area (Å²) in [4.78, 5) is 12.1. The molecule has 1 amide bonds. The van der Waals surface area contributed by atoms with Crippen molar-refractivity contribution >= 4 is 27.4 Å². The molecule has 2 aromatic rings. The Morgan fingerprint density at radius 3 is 2.26 bits per heavy atom. The molecule has 0 aliphatic heterocycles. The SMILES string of the molecule is Cc1cc(C)cc(N(CC(=O)Nc2cc(C)on2)S(C)(=O)=O)c1. The lowest BCUT2D eigenvalue weighted by molar-refractivity contribution is -0.114. The van der Waals surface area contributed by atoms with Crippen molar-refractivity contribution in [1.82, 2.24) is 5.16 Å². The molecular formula is C15H19N3O4S. The van der Waals surface area contributed by atoms with Crippen LogP contribution in [0, 0.1) is 20.8 Å². The third-order valence-corrected chi connectivity index (χ3v) is 4.22. The number of nitrogens with one attached hydrogen (secondary N) is 1. The molecule has 7 nitrogen and oxygen atoms in total. The molecule has 124 valence electrons. The fourth-order valence-electron chi connectivity index (χ4n) is 2.23. The smallest absolute Gasteiger partial charge is 0.246 e. The van der Waals surface area contributed by atoms with Gasteiger partial charge in [-0.3, -0.25) is 9.10 Å². The number of sulfonamides is 1. The standard InChI is InChI=1S/C15H19N3O4S/c1-10-5-11(2)7-13(6-10)18(23(4,20)21)9-15(19)16-14-8-12(3)22-17-14/h5-8H,9H2,1-4H3,(H,16,17,19). The van der Waals surface area contributed by atoms with Crippen LogP contribution in [0.4, 0.5) is 11.5 Å². The van der Waals surface area contributed by atoms with E-state index in [4.69, 9.17) is 4.52 Å². The molecule has 0 saturated heterocycles. The van der Waals surface area contributed by atoms with Crippen LogP contribution in [-0.2, 0) is 14.8 Å². The second-order valence-corrected chi connectivity index (χ2v) is 7.39. The van der Waals surface area contributed by atoms with Gasteiger partial charge >= 0.3 is 0 Å². The zero-order valence-electron chi connectivity index (χ0n) is 13.5. The monoisotopic (exact) mass is 337 g/mol. The predicted octanol–water partition coefficient (Wildman–Crippen LogP) is 2.00. The highest BCUT2D eigenvalue weighted by molar-refractivity contribution is 7.92. The highest BCUT2D eigenvalue weighted by atomic mass is 32.2. The van der Waals surface area contributed by atoms with E-state index in [1.807, 2.05) is 19.9 Å². The van der Waals surface area contributed by atoms with Gasteiger partial charge in [-0.15, -0.1) is 0 Å². The fraction of sp³-hybridized carbons (Fsp3) is 0.333. The average molecular weight is 337 g/mol. The first kappa shape index (κ1) is 17.0. The van der Waals surface area contributed by atoms with Gasteiger partial charge in [0.2, 0.25) is 15.9 Å². The number of hydrogen-bond acceptors (Lipinski definition) is 5. The number of carbonyl (C=O) groups excluding carboxylic acids is 1. The Kier molecular flexibility index (Phi) is 4.74. The lowest BCUT2D eigenvalue weighted by atomic mass is 10.1. The van der Waals surface area contributed by atoms with Crippen molar-refractivity contribution in [3.63, 3.8) is 0 Å². The van der Waals surface area contributed by atoms with Crippen molar-refractivity contribution < 1.29 is 17.7 Å². The molecule has 0 unspecified atom stereocenters. The minimum Gasteiger partial charge on any atom is -0.360 e. The first-order chi connectivity index (χ1) is 10.6. The maximum atomic E-state index is 12.1. The maximum absolute atomic E-state index is 12.1. The number of carbonyl (C=O) groups is 1. The van der Waals surface area contributed by atoms with Crippen LogP contribution in [-0.4, -0.2) is 32.3 Å². The van der Waals surface area contributed by atoms with Gasteiger partial charge < -0.3 is 9.84 Å². The summed E-state index contributed by atoms with van der Waals surface area (Å²) < 4.78 is 30.0. The lowest BCUT2D eigenvalue weighted by Gasteiger charge is -2.22. The van der Waals surface area contributed by atoms with Crippen LogP contribution in [0.1, 0.15) is 16.9 Å². The third kappa shape index (κ3) is 4.56. The quantitative estimate of drug-likeness (QED) is 0.901.